The summed E-state index contributed by atoms with van der Waals surface area (Å²) in [6.07, 6.45) is 0.141. The number of nitrogens with one attached hydrogen (secondary N) is 2. The molecule has 9 nitrogen and oxygen atoms in total. The van der Waals surface area contributed by atoms with Crippen LogP contribution < -0.4 is 16.4 Å². The molecule has 0 aliphatic heterocycles. The Hall–Kier alpha value is -3.10. The van der Waals surface area contributed by atoms with E-state index in [0.717, 1.165) is 12.0 Å². The molecule has 0 heterocycles. The molecule has 38 heavy (non-hydrogen) atoms. The summed E-state index contributed by atoms with van der Waals surface area (Å²) in [5.41, 5.74) is 5.73. The minimum Gasteiger partial charge on any atom is -0.444 e. The van der Waals surface area contributed by atoms with E-state index >= 15 is 0 Å². The minimum absolute atomic E-state index is 0.360. The van der Waals surface area contributed by atoms with E-state index in [1.807, 2.05) is 58.9 Å². The number of benzene rings is 1. The lowest BCUT2D eigenvalue weighted by Gasteiger charge is -2.39. The van der Waals surface area contributed by atoms with E-state index in [0.29, 0.717) is 17.9 Å². The van der Waals surface area contributed by atoms with Gasteiger partial charge in [0.25, 0.3) is 0 Å². The van der Waals surface area contributed by atoms with Gasteiger partial charge in [-0.3, -0.25) is 14.4 Å². The molecule has 0 aliphatic rings. The number of aryl methyl sites for hydroxylation is 1. The van der Waals surface area contributed by atoms with E-state index in [1.165, 1.54) is 4.90 Å². The lowest BCUT2D eigenvalue weighted by Crippen LogP contribution is -2.57. The summed E-state index contributed by atoms with van der Waals surface area (Å²) in [4.78, 5) is 54.0. The molecular weight excluding hydrogens is 484 g/mol. The SMILES string of the molecule is Cc1ccc(C(C(=O)NC(C)(C)C)N(C(=O)C(CC(N)=O)NC(=O)OC(C)(C)C)C(C)CCC(C)C)cc1. The third kappa shape index (κ3) is 11.5. The third-order valence-electron chi connectivity index (χ3n) is 5.70. The second-order valence-electron chi connectivity index (χ2n) is 12.5. The number of primary amides is 1. The van der Waals surface area contributed by atoms with Gasteiger partial charge in [-0.15, -0.1) is 0 Å². The Kier molecular flexibility index (Phi) is 11.8. The zero-order valence-corrected chi connectivity index (χ0v) is 24.8. The Labute approximate surface area is 228 Å². The predicted octanol–water partition coefficient (Wildman–Crippen LogP) is 4.37. The van der Waals surface area contributed by atoms with Gasteiger partial charge >= 0.3 is 6.09 Å². The minimum atomic E-state index is -1.31. The summed E-state index contributed by atoms with van der Waals surface area (Å²) in [5, 5.41) is 5.53. The molecule has 3 atom stereocenters. The molecular formula is C29H48N4O5. The smallest absolute Gasteiger partial charge is 0.408 e. The number of rotatable bonds is 11. The molecule has 0 aromatic heterocycles. The van der Waals surface area contributed by atoms with Crippen LogP contribution in [0.1, 0.15) is 98.7 Å². The van der Waals surface area contributed by atoms with E-state index < -0.39 is 53.6 Å². The molecule has 0 radical (unpaired) electrons. The molecule has 0 saturated carbocycles. The summed E-state index contributed by atoms with van der Waals surface area (Å²) in [7, 11) is 0. The van der Waals surface area contributed by atoms with Crippen LogP contribution in [0.25, 0.3) is 0 Å². The second-order valence-corrected chi connectivity index (χ2v) is 12.5. The normalized spacial score (nSPS) is 14.3. The Morgan fingerprint density at radius 2 is 1.50 bits per heavy atom. The van der Waals surface area contributed by atoms with Crippen molar-refractivity contribution in [3.05, 3.63) is 35.4 Å². The Morgan fingerprint density at radius 1 is 0.947 bits per heavy atom. The van der Waals surface area contributed by atoms with Crippen molar-refractivity contribution in [2.75, 3.05) is 0 Å². The quantitative estimate of drug-likeness (QED) is 0.389. The van der Waals surface area contributed by atoms with Crippen LogP contribution in [0.15, 0.2) is 24.3 Å². The number of hydrogen-bond donors (Lipinski definition) is 3. The molecule has 1 aromatic rings. The Morgan fingerprint density at radius 3 is 1.95 bits per heavy atom. The number of hydrogen-bond acceptors (Lipinski definition) is 5. The molecule has 0 spiro atoms. The molecule has 0 aliphatic carbocycles. The molecule has 9 heteroatoms. The van der Waals surface area contributed by atoms with E-state index in [2.05, 4.69) is 24.5 Å². The molecule has 4 amide bonds. The molecule has 4 N–H and O–H groups in total. The van der Waals surface area contributed by atoms with Gasteiger partial charge in [-0.2, -0.15) is 0 Å². The molecule has 1 rings (SSSR count). The fraction of sp³-hybridized carbons (Fsp3) is 0.655. The molecule has 0 bridgehead atoms. The zero-order valence-electron chi connectivity index (χ0n) is 24.8. The number of alkyl carbamates (subject to hydrolysis) is 1. The zero-order chi connectivity index (χ0) is 29.4. The van der Waals surface area contributed by atoms with Gasteiger partial charge in [-0.25, -0.2) is 4.79 Å². The molecule has 0 fully saturated rings. The molecule has 3 unspecified atom stereocenters. The van der Waals surface area contributed by atoms with Crippen LogP contribution in [0, 0.1) is 12.8 Å². The molecule has 214 valence electrons. The first kappa shape index (κ1) is 32.9. The second kappa shape index (κ2) is 13.6. The van der Waals surface area contributed by atoms with Gasteiger partial charge in [-0.1, -0.05) is 43.7 Å². The monoisotopic (exact) mass is 532 g/mol. The maximum absolute atomic E-state index is 14.2. The summed E-state index contributed by atoms with van der Waals surface area (Å²) in [5.74, 6) is -1.33. The van der Waals surface area contributed by atoms with Gasteiger partial charge in [-0.05, 0) is 79.7 Å². The van der Waals surface area contributed by atoms with Gasteiger partial charge in [0.2, 0.25) is 17.7 Å². The van der Waals surface area contributed by atoms with Crippen molar-refractivity contribution in [3.8, 4) is 0 Å². The van der Waals surface area contributed by atoms with Gasteiger partial charge in [0, 0.05) is 11.6 Å². The number of nitrogens with zero attached hydrogens (tertiary/aromatic N) is 1. The van der Waals surface area contributed by atoms with Crippen LogP contribution in [-0.2, 0) is 19.1 Å². The number of carbonyl (C=O) groups is 4. The van der Waals surface area contributed by atoms with Crippen molar-refractivity contribution >= 4 is 23.8 Å². The summed E-state index contributed by atoms with van der Waals surface area (Å²) >= 11 is 0. The first-order valence-corrected chi connectivity index (χ1v) is 13.3. The lowest BCUT2D eigenvalue weighted by molar-refractivity contribution is -0.146. The van der Waals surface area contributed by atoms with E-state index in [4.69, 9.17) is 10.5 Å². The van der Waals surface area contributed by atoms with Gasteiger partial charge < -0.3 is 26.0 Å². The average Bonchev–Trinajstić information content (AvgIpc) is 2.72. The molecule has 0 saturated heterocycles. The summed E-state index contributed by atoms with van der Waals surface area (Å²) in [6.45, 7) is 18.7. The fourth-order valence-corrected chi connectivity index (χ4v) is 3.97. The number of amides is 4. The third-order valence-corrected chi connectivity index (χ3v) is 5.70. The largest absolute Gasteiger partial charge is 0.444 e. The Balaban J connectivity index is 3.65. The van der Waals surface area contributed by atoms with Crippen LogP contribution in [0.5, 0.6) is 0 Å². The van der Waals surface area contributed by atoms with Gasteiger partial charge in [0.1, 0.15) is 17.7 Å². The van der Waals surface area contributed by atoms with E-state index in [9.17, 15) is 19.2 Å². The highest BCUT2D eigenvalue weighted by Gasteiger charge is 2.40. The predicted molar refractivity (Wildman–Crippen MR) is 149 cm³/mol. The van der Waals surface area contributed by atoms with E-state index in [-0.39, 0.29) is 5.91 Å². The van der Waals surface area contributed by atoms with Gasteiger partial charge in [0.15, 0.2) is 0 Å². The van der Waals surface area contributed by atoms with Crippen molar-refractivity contribution in [3.63, 3.8) is 0 Å². The lowest BCUT2D eigenvalue weighted by atomic mass is 9.95. The summed E-state index contributed by atoms with van der Waals surface area (Å²) in [6, 6.07) is 4.71. The number of ether oxygens (including phenoxy) is 1. The van der Waals surface area contributed by atoms with Crippen molar-refractivity contribution in [2.24, 2.45) is 11.7 Å². The highest BCUT2D eigenvalue weighted by Crippen LogP contribution is 2.29. The maximum Gasteiger partial charge on any atom is 0.408 e. The fourth-order valence-electron chi connectivity index (χ4n) is 3.97. The molecule has 1 aromatic carbocycles. The van der Waals surface area contributed by atoms with Crippen molar-refractivity contribution in [1.29, 1.82) is 0 Å². The number of carbonyl (C=O) groups excluding carboxylic acids is 4. The van der Waals surface area contributed by atoms with Crippen LogP contribution >= 0.6 is 0 Å². The topological polar surface area (TPSA) is 131 Å². The standard InChI is InChI=1S/C29H48N4O5/c1-18(2)11-14-20(4)33(26(36)22(17-23(30)34)31-27(37)38-29(8,9)10)24(25(35)32-28(5,6)7)21-15-12-19(3)13-16-21/h12-13,15-16,18,20,22,24H,11,14,17H2,1-10H3,(H2,30,34)(H,31,37)(H,32,35). The average molecular weight is 533 g/mol. The first-order chi connectivity index (χ1) is 17.3. The summed E-state index contributed by atoms with van der Waals surface area (Å²) < 4.78 is 5.34. The van der Waals surface area contributed by atoms with Crippen LogP contribution in [0.3, 0.4) is 0 Å². The van der Waals surface area contributed by atoms with Crippen LogP contribution in [-0.4, -0.2) is 51.9 Å². The highest BCUT2D eigenvalue weighted by molar-refractivity contribution is 5.94. The van der Waals surface area contributed by atoms with Crippen molar-refractivity contribution in [1.82, 2.24) is 15.5 Å². The van der Waals surface area contributed by atoms with Gasteiger partial charge in [0.05, 0.1) is 6.42 Å². The van der Waals surface area contributed by atoms with Crippen molar-refractivity contribution < 1.29 is 23.9 Å². The van der Waals surface area contributed by atoms with Crippen molar-refractivity contribution in [2.45, 2.75) is 118 Å². The van der Waals surface area contributed by atoms with E-state index in [1.54, 1.807) is 20.8 Å². The maximum atomic E-state index is 14.2. The van der Waals surface area contributed by atoms with Crippen LogP contribution in [0.4, 0.5) is 4.79 Å². The number of nitrogens with two attached hydrogens (primary N) is 1. The first-order valence-electron chi connectivity index (χ1n) is 13.3. The Bertz CT molecular complexity index is 961. The van der Waals surface area contributed by atoms with Crippen LogP contribution in [0.2, 0.25) is 0 Å². The highest BCUT2D eigenvalue weighted by atomic mass is 16.6.